The number of alkyl carbamates (subject to hydrolysis) is 1. The Morgan fingerprint density at radius 1 is 1.03 bits per heavy atom. The third-order valence-electron chi connectivity index (χ3n) is 4.02. The number of benzene rings is 1. The summed E-state index contributed by atoms with van der Waals surface area (Å²) in [6.07, 6.45) is -6.39. The van der Waals surface area contributed by atoms with Crippen molar-refractivity contribution in [3.05, 3.63) is 48.6 Å². The first-order valence-electron chi connectivity index (χ1n) is 9.48. The van der Waals surface area contributed by atoms with Crippen molar-refractivity contribution in [3.8, 4) is 0 Å². The normalized spacial score (nSPS) is 11.7. The number of alkyl halides is 3. The maximum absolute atomic E-state index is 12.9. The largest absolute Gasteiger partial charge is 0.461 e. The van der Waals surface area contributed by atoms with Gasteiger partial charge in [-0.05, 0) is 6.42 Å². The van der Waals surface area contributed by atoms with Crippen LogP contribution >= 0.6 is 0 Å². The fraction of sp³-hybridized carbons (Fsp3) is 0.381. The molecule has 32 heavy (non-hydrogen) atoms. The second-order valence-electron chi connectivity index (χ2n) is 6.43. The fourth-order valence-corrected chi connectivity index (χ4v) is 2.48. The van der Waals surface area contributed by atoms with Crippen molar-refractivity contribution in [1.29, 1.82) is 0 Å². The van der Waals surface area contributed by atoms with E-state index >= 15 is 0 Å². The molecule has 0 aliphatic heterocycles. The number of carbonyl (C=O) groups is 5. The number of esters is 1. The fourth-order valence-electron chi connectivity index (χ4n) is 2.48. The zero-order valence-corrected chi connectivity index (χ0v) is 17.0. The number of ketones is 3. The van der Waals surface area contributed by atoms with Crippen molar-refractivity contribution in [2.45, 2.75) is 25.4 Å². The number of carbonyl (C=O) groups excluding carboxylic acids is 5. The zero-order chi connectivity index (χ0) is 24.1. The molecule has 0 spiro atoms. The van der Waals surface area contributed by atoms with Crippen molar-refractivity contribution in [2.75, 3.05) is 19.8 Å². The molecular formula is C21H22F3NO7. The summed E-state index contributed by atoms with van der Waals surface area (Å²) in [5.74, 6) is -6.96. The van der Waals surface area contributed by atoms with Crippen LogP contribution in [0.15, 0.2) is 43.0 Å². The van der Waals surface area contributed by atoms with Crippen LogP contribution in [-0.2, 0) is 23.9 Å². The molecule has 0 saturated carbocycles. The first kappa shape index (κ1) is 26.5. The molecule has 0 bridgehead atoms. The lowest BCUT2D eigenvalue weighted by Gasteiger charge is -2.16. The highest BCUT2D eigenvalue weighted by molar-refractivity contribution is 6.14. The van der Waals surface area contributed by atoms with Gasteiger partial charge in [0, 0.05) is 24.5 Å². The molecule has 0 aromatic heterocycles. The molecule has 0 heterocycles. The molecule has 0 aliphatic carbocycles. The van der Waals surface area contributed by atoms with E-state index in [1.165, 1.54) is 24.3 Å². The first-order chi connectivity index (χ1) is 15.1. The standard InChI is InChI=1S/C21H22F3NO7/c1-2-17(27)31-12-10-25-20(30)32-11-6-9-15(26)13-16(19(29)21(22,23)24)18(28)14-7-4-3-5-8-14/h2-5,7-8,16H,1,6,9-13H2,(H,25,30). The van der Waals surface area contributed by atoms with Crippen LogP contribution in [0.5, 0.6) is 0 Å². The van der Waals surface area contributed by atoms with Gasteiger partial charge in [0.25, 0.3) is 0 Å². The Kier molecular flexibility index (Phi) is 10.8. The summed E-state index contributed by atoms with van der Waals surface area (Å²) in [7, 11) is 0. The number of amides is 1. The van der Waals surface area contributed by atoms with Crippen LogP contribution in [0, 0.1) is 5.92 Å². The topological polar surface area (TPSA) is 116 Å². The van der Waals surface area contributed by atoms with Crippen molar-refractivity contribution in [2.24, 2.45) is 5.92 Å². The monoisotopic (exact) mass is 457 g/mol. The minimum Gasteiger partial charge on any atom is -0.461 e. The molecule has 1 unspecified atom stereocenters. The van der Waals surface area contributed by atoms with E-state index in [-0.39, 0.29) is 38.2 Å². The van der Waals surface area contributed by atoms with Crippen LogP contribution < -0.4 is 5.32 Å². The van der Waals surface area contributed by atoms with E-state index in [0.29, 0.717) is 0 Å². The van der Waals surface area contributed by atoms with Crippen LogP contribution in [-0.4, -0.2) is 55.3 Å². The van der Waals surface area contributed by atoms with Gasteiger partial charge in [0.15, 0.2) is 5.78 Å². The maximum atomic E-state index is 12.9. The number of halogens is 3. The van der Waals surface area contributed by atoms with Crippen LogP contribution in [0.2, 0.25) is 0 Å². The van der Waals surface area contributed by atoms with Crippen LogP contribution in [0.25, 0.3) is 0 Å². The predicted molar refractivity (Wildman–Crippen MR) is 105 cm³/mol. The lowest BCUT2D eigenvalue weighted by molar-refractivity contribution is -0.174. The van der Waals surface area contributed by atoms with Gasteiger partial charge in [-0.15, -0.1) is 0 Å². The summed E-state index contributed by atoms with van der Waals surface area (Å²) in [4.78, 5) is 58.4. The summed E-state index contributed by atoms with van der Waals surface area (Å²) >= 11 is 0. The SMILES string of the molecule is C=CC(=O)OCCNC(=O)OCCCC(=O)CC(C(=O)c1ccccc1)C(=O)C(F)(F)F. The molecule has 1 aromatic carbocycles. The van der Waals surface area contributed by atoms with Crippen molar-refractivity contribution in [3.63, 3.8) is 0 Å². The molecule has 8 nitrogen and oxygen atoms in total. The molecule has 1 atom stereocenters. The van der Waals surface area contributed by atoms with E-state index in [9.17, 15) is 37.1 Å². The van der Waals surface area contributed by atoms with Gasteiger partial charge in [0.1, 0.15) is 12.4 Å². The number of hydrogen-bond donors (Lipinski definition) is 1. The van der Waals surface area contributed by atoms with Crippen molar-refractivity contribution in [1.82, 2.24) is 5.32 Å². The van der Waals surface area contributed by atoms with E-state index in [2.05, 4.69) is 16.6 Å². The summed E-state index contributed by atoms with van der Waals surface area (Å²) in [6.45, 7) is 2.83. The molecule has 0 aliphatic rings. The smallest absolute Gasteiger partial charge is 0.450 e. The van der Waals surface area contributed by atoms with Crippen molar-refractivity contribution >= 4 is 29.4 Å². The number of hydrogen-bond acceptors (Lipinski definition) is 7. The number of nitrogens with one attached hydrogen (secondary N) is 1. The van der Waals surface area contributed by atoms with E-state index in [0.717, 1.165) is 6.08 Å². The molecule has 1 aromatic rings. The molecule has 174 valence electrons. The highest BCUT2D eigenvalue weighted by Crippen LogP contribution is 2.26. The second-order valence-corrected chi connectivity index (χ2v) is 6.43. The maximum Gasteiger partial charge on any atom is 0.450 e. The number of ether oxygens (including phenoxy) is 2. The average molecular weight is 457 g/mol. The molecule has 1 amide bonds. The van der Waals surface area contributed by atoms with Crippen LogP contribution in [0.3, 0.4) is 0 Å². The van der Waals surface area contributed by atoms with Gasteiger partial charge in [-0.25, -0.2) is 9.59 Å². The van der Waals surface area contributed by atoms with Gasteiger partial charge in [-0.2, -0.15) is 13.2 Å². The number of rotatable bonds is 13. The van der Waals surface area contributed by atoms with Crippen LogP contribution in [0.1, 0.15) is 29.6 Å². The highest BCUT2D eigenvalue weighted by atomic mass is 19.4. The average Bonchev–Trinajstić information content (AvgIpc) is 2.76. The summed E-state index contributed by atoms with van der Waals surface area (Å²) in [5.41, 5.74) is -0.110. The van der Waals surface area contributed by atoms with E-state index in [1.807, 2.05) is 0 Å². The lowest BCUT2D eigenvalue weighted by Crippen LogP contribution is -2.36. The summed E-state index contributed by atoms with van der Waals surface area (Å²) < 4.78 is 48.1. The molecule has 1 rings (SSSR count). The van der Waals surface area contributed by atoms with Crippen molar-refractivity contribution < 1.29 is 46.6 Å². The second kappa shape index (κ2) is 13.0. The molecular weight excluding hydrogens is 435 g/mol. The summed E-state index contributed by atoms with van der Waals surface area (Å²) in [5, 5.41) is 2.28. The lowest BCUT2D eigenvalue weighted by atomic mass is 9.88. The van der Waals surface area contributed by atoms with Crippen LogP contribution in [0.4, 0.5) is 18.0 Å². The Bertz CT molecular complexity index is 838. The number of Topliss-reactive ketones (excluding diaryl/α,β-unsaturated/α-hetero) is 3. The van der Waals surface area contributed by atoms with E-state index in [1.54, 1.807) is 6.07 Å². The first-order valence-corrected chi connectivity index (χ1v) is 9.48. The van der Waals surface area contributed by atoms with Gasteiger partial charge in [-0.3, -0.25) is 14.4 Å². The van der Waals surface area contributed by atoms with Gasteiger partial charge in [0.2, 0.25) is 5.78 Å². The van der Waals surface area contributed by atoms with Gasteiger partial charge >= 0.3 is 18.2 Å². The Morgan fingerprint density at radius 2 is 1.69 bits per heavy atom. The minimum absolute atomic E-state index is 0.0237. The van der Waals surface area contributed by atoms with Gasteiger partial charge in [-0.1, -0.05) is 36.9 Å². The third kappa shape index (κ3) is 9.54. The predicted octanol–water partition coefficient (Wildman–Crippen LogP) is 2.81. The Morgan fingerprint density at radius 3 is 2.28 bits per heavy atom. The van der Waals surface area contributed by atoms with Gasteiger partial charge < -0.3 is 14.8 Å². The van der Waals surface area contributed by atoms with E-state index in [4.69, 9.17) is 4.74 Å². The Hall–Kier alpha value is -3.50. The Balaban J connectivity index is 2.50. The molecule has 0 fully saturated rings. The summed E-state index contributed by atoms with van der Waals surface area (Å²) in [6, 6.07) is 6.92. The highest BCUT2D eigenvalue weighted by Gasteiger charge is 2.46. The van der Waals surface area contributed by atoms with Gasteiger partial charge in [0.05, 0.1) is 19.1 Å². The molecule has 0 radical (unpaired) electrons. The zero-order valence-electron chi connectivity index (χ0n) is 17.0. The Labute approximate surface area is 181 Å². The quantitative estimate of drug-likeness (QED) is 0.159. The molecule has 0 saturated heterocycles. The minimum atomic E-state index is -5.27. The van der Waals surface area contributed by atoms with E-state index < -0.39 is 47.9 Å². The third-order valence-corrected chi connectivity index (χ3v) is 4.02. The molecule has 1 N–H and O–H groups in total. The molecule has 11 heteroatoms.